The van der Waals surface area contributed by atoms with Gasteiger partial charge in [0, 0.05) is 50.5 Å². The third-order valence-corrected chi connectivity index (χ3v) is 6.82. The van der Waals surface area contributed by atoms with Crippen molar-refractivity contribution in [3.05, 3.63) is 65.5 Å². The van der Waals surface area contributed by atoms with Crippen LogP contribution in [0.3, 0.4) is 0 Å². The molecule has 1 aromatic heterocycles. The second kappa shape index (κ2) is 11.5. The number of nitrogens with one attached hydrogen (secondary N) is 3. The largest absolute Gasteiger partial charge is 0.465 e. The topological polar surface area (TPSA) is 149 Å². The van der Waals surface area contributed by atoms with E-state index in [0.717, 1.165) is 16.5 Å². The number of fused-ring (bicyclic) bond motifs is 1. The molecule has 0 bridgehead atoms. The highest BCUT2D eigenvalue weighted by molar-refractivity contribution is 6.03. The quantitative estimate of drug-likeness (QED) is 0.343. The van der Waals surface area contributed by atoms with Gasteiger partial charge >= 0.3 is 18.3 Å². The Balaban J connectivity index is 1.32. The number of alkyl halides is 3. The minimum atomic E-state index is -4.78. The highest BCUT2D eigenvalue weighted by Gasteiger charge is 2.39. The molecule has 220 valence electrons. The molecule has 2 aliphatic heterocycles. The van der Waals surface area contributed by atoms with Crippen LogP contribution in [0.4, 0.5) is 40.0 Å². The molecule has 0 saturated carbocycles. The van der Waals surface area contributed by atoms with E-state index in [9.17, 15) is 32.7 Å². The van der Waals surface area contributed by atoms with Crippen LogP contribution in [0.5, 0.6) is 11.6 Å². The Hall–Kier alpha value is -4.92. The molecule has 4 N–H and O–H groups in total. The molecule has 1 saturated heterocycles. The van der Waals surface area contributed by atoms with Crippen LogP contribution >= 0.6 is 0 Å². The Morgan fingerprint density at radius 1 is 1.07 bits per heavy atom. The number of carbonyl (C=O) groups excluding carboxylic acids is 2. The lowest BCUT2D eigenvalue weighted by atomic mass is 9.96. The van der Waals surface area contributed by atoms with Gasteiger partial charge in [-0.05, 0) is 47.9 Å². The van der Waals surface area contributed by atoms with Crippen LogP contribution in [0, 0.1) is 0 Å². The van der Waals surface area contributed by atoms with Crippen molar-refractivity contribution in [1.82, 2.24) is 20.2 Å². The summed E-state index contributed by atoms with van der Waals surface area (Å²) in [5.41, 5.74) is 0.0642. The summed E-state index contributed by atoms with van der Waals surface area (Å²) in [6.07, 6.45) is -4.36. The average Bonchev–Trinajstić information content (AvgIpc) is 3.36. The standard InChI is InChI=1S/C27H26F3N7O5/c1-15(38)34-23-12-24(33-14-32-23)42-18-3-5-21-16(10-18)6-8-36(21)25(39)35-17-2-4-19(20(11-17)27(28,29)30)22-13-31-7-9-37(22)26(40)41/h2-5,10-12,14,22,31H,6-9,13H2,1H3,(H,35,39)(H,40,41)(H,32,33,34,38). The maximum Gasteiger partial charge on any atom is 0.416 e. The van der Waals surface area contributed by atoms with E-state index in [1.165, 1.54) is 36.4 Å². The fraction of sp³-hybridized carbons (Fsp3) is 0.296. The first-order valence-electron chi connectivity index (χ1n) is 12.9. The lowest BCUT2D eigenvalue weighted by Crippen LogP contribution is -2.48. The number of hydrogen-bond acceptors (Lipinski definition) is 7. The van der Waals surface area contributed by atoms with Crippen LogP contribution in [0.1, 0.15) is 29.7 Å². The van der Waals surface area contributed by atoms with Crippen molar-refractivity contribution < 1.29 is 37.4 Å². The third-order valence-electron chi connectivity index (χ3n) is 6.82. The number of ether oxygens (including phenoxy) is 1. The SMILES string of the molecule is CC(=O)Nc1cc(Oc2ccc3c(c2)CCN3C(=O)Nc2ccc(C3CNCCN3C(=O)O)c(C(F)(F)F)c2)ncn1. The van der Waals surface area contributed by atoms with Gasteiger partial charge in [-0.1, -0.05) is 6.07 Å². The molecule has 1 atom stereocenters. The lowest BCUT2D eigenvalue weighted by Gasteiger charge is -2.35. The first-order chi connectivity index (χ1) is 20.0. The zero-order valence-corrected chi connectivity index (χ0v) is 22.2. The molecule has 1 unspecified atom stereocenters. The number of halogens is 3. The summed E-state index contributed by atoms with van der Waals surface area (Å²) in [6.45, 7) is 2.05. The highest BCUT2D eigenvalue weighted by Crippen LogP contribution is 2.39. The Kier molecular flexibility index (Phi) is 7.85. The molecule has 3 heterocycles. The second-order valence-electron chi connectivity index (χ2n) is 9.64. The van der Waals surface area contributed by atoms with E-state index >= 15 is 0 Å². The number of carboxylic acid groups (broad SMARTS) is 1. The fourth-order valence-corrected chi connectivity index (χ4v) is 4.99. The van der Waals surface area contributed by atoms with Crippen molar-refractivity contribution in [2.24, 2.45) is 0 Å². The molecule has 0 aliphatic carbocycles. The molecule has 4 amide bonds. The van der Waals surface area contributed by atoms with E-state index in [2.05, 4.69) is 25.9 Å². The molecule has 42 heavy (non-hydrogen) atoms. The molecule has 2 aromatic carbocycles. The monoisotopic (exact) mass is 585 g/mol. The lowest BCUT2D eigenvalue weighted by molar-refractivity contribution is -0.138. The van der Waals surface area contributed by atoms with Gasteiger partial charge in [0.25, 0.3) is 0 Å². The number of rotatable bonds is 5. The van der Waals surface area contributed by atoms with E-state index in [4.69, 9.17) is 4.74 Å². The summed E-state index contributed by atoms with van der Waals surface area (Å²) in [4.78, 5) is 46.4. The van der Waals surface area contributed by atoms with E-state index in [-0.39, 0.29) is 48.5 Å². The number of anilines is 3. The first kappa shape index (κ1) is 28.6. The van der Waals surface area contributed by atoms with Crippen LogP contribution in [0.15, 0.2) is 48.8 Å². The number of amides is 4. The smallest absolute Gasteiger partial charge is 0.416 e. The summed E-state index contributed by atoms with van der Waals surface area (Å²) >= 11 is 0. The average molecular weight is 586 g/mol. The zero-order chi connectivity index (χ0) is 30.0. The minimum Gasteiger partial charge on any atom is -0.465 e. The van der Waals surface area contributed by atoms with Gasteiger partial charge in [0.05, 0.1) is 11.6 Å². The van der Waals surface area contributed by atoms with Gasteiger partial charge in [-0.15, -0.1) is 0 Å². The zero-order valence-electron chi connectivity index (χ0n) is 22.2. The van der Waals surface area contributed by atoms with E-state index < -0.39 is 29.9 Å². The molecule has 2 aliphatic rings. The summed E-state index contributed by atoms with van der Waals surface area (Å²) in [5, 5.41) is 17.5. The number of piperazine rings is 1. The number of benzene rings is 2. The van der Waals surface area contributed by atoms with E-state index in [1.54, 1.807) is 18.2 Å². The van der Waals surface area contributed by atoms with Crippen LogP contribution in [0.2, 0.25) is 0 Å². The highest BCUT2D eigenvalue weighted by atomic mass is 19.4. The molecule has 0 radical (unpaired) electrons. The van der Waals surface area contributed by atoms with Crippen LogP contribution in [-0.4, -0.2) is 64.2 Å². The second-order valence-corrected chi connectivity index (χ2v) is 9.64. The normalized spacial score (nSPS) is 16.5. The van der Waals surface area contributed by atoms with Crippen molar-refractivity contribution in [3.8, 4) is 11.6 Å². The maximum absolute atomic E-state index is 14.1. The Morgan fingerprint density at radius 2 is 1.88 bits per heavy atom. The molecule has 1 fully saturated rings. The number of urea groups is 1. The van der Waals surface area contributed by atoms with Crippen molar-refractivity contribution >= 4 is 35.2 Å². The Bertz CT molecular complexity index is 1530. The van der Waals surface area contributed by atoms with Crippen LogP contribution in [0.25, 0.3) is 0 Å². The molecule has 15 heteroatoms. The van der Waals surface area contributed by atoms with Crippen molar-refractivity contribution in [1.29, 1.82) is 0 Å². The molecule has 3 aromatic rings. The van der Waals surface area contributed by atoms with E-state index in [0.29, 0.717) is 24.4 Å². The predicted octanol–water partition coefficient (Wildman–Crippen LogP) is 4.47. The van der Waals surface area contributed by atoms with Gasteiger partial charge in [-0.25, -0.2) is 19.6 Å². The van der Waals surface area contributed by atoms with Gasteiger partial charge in [-0.2, -0.15) is 13.2 Å². The van der Waals surface area contributed by atoms with Gasteiger partial charge in [0.2, 0.25) is 11.8 Å². The molecular weight excluding hydrogens is 559 g/mol. The maximum atomic E-state index is 14.1. The van der Waals surface area contributed by atoms with Gasteiger partial charge in [-0.3, -0.25) is 14.6 Å². The van der Waals surface area contributed by atoms with Crippen LogP contribution < -0.4 is 25.6 Å². The molecule has 5 rings (SSSR count). The van der Waals surface area contributed by atoms with Gasteiger partial charge < -0.3 is 25.8 Å². The summed E-state index contributed by atoms with van der Waals surface area (Å²) in [6, 6.07) is 8.18. The minimum absolute atomic E-state index is 0.0328. The van der Waals surface area contributed by atoms with Gasteiger partial charge in [0.1, 0.15) is 17.9 Å². The molecule has 0 spiro atoms. The van der Waals surface area contributed by atoms with Crippen LogP contribution in [-0.2, 0) is 17.4 Å². The number of aromatic nitrogens is 2. The van der Waals surface area contributed by atoms with E-state index in [1.807, 2.05) is 0 Å². The number of hydrogen-bond donors (Lipinski definition) is 4. The Morgan fingerprint density at radius 3 is 2.62 bits per heavy atom. The number of nitrogens with zero attached hydrogens (tertiary/aromatic N) is 4. The predicted molar refractivity (Wildman–Crippen MR) is 145 cm³/mol. The summed E-state index contributed by atoms with van der Waals surface area (Å²) in [7, 11) is 0. The molecular formula is C27H26F3N7O5. The third kappa shape index (κ3) is 6.20. The first-order valence-corrected chi connectivity index (χ1v) is 12.9. The van der Waals surface area contributed by atoms with Crippen molar-refractivity contribution in [3.63, 3.8) is 0 Å². The Labute approximate surface area is 237 Å². The summed E-state index contributed by atoms with van der Waals surface area (Å²) in [5.74, 6) is 0.600. The van der Waals surface area contributed by atoms with Gasteiger partial charge in [0.15, 0.2) is 0 Å². The number of carbonyl (C=O) groups is 3. The summed E-state index contributed by atoms with van der Waals surface area (Å²) < 4.78 is 48.0. The van der Waals surface area contributed by atoms with Crippen molar-refractivity contribution in [2.75, 3.05) is 41.7 Å². The fourth-order valence-electron chi connectivity index (χ4n) is 4.99. The molecule has 12 nitrogen and oxygen atoms in total. The van der Waals surface area contributed by atoms with Crippen molar-refractivity contribution in [2.45, 2.75) is 25.6 Å².